The van der Waals surface area contributed by atoms with Crippen LogP contribution in [0.5, 0.6) is 11.5 Å². The van der Waals surface area contributed by atoms with Gasteiger partial charge in [-0.3, -0.25) is 4.99 Å². The normalized spacial score (nSPS) is 10.9. The highest BCUT2D eigenvalue weighted by atomic mass is 16.5. The summed E-state index contributed by atoms with van der Waals surface area (Å²) in [6.45, 7) is 4.56. The quantitative estimate of drug-likeness (QED) is 0.203. The van der Waals surface area contributed by atoms with Gasteiger partial charge in [-0.15, -0.1) is 0 Å². The number of carbonyl (C=O) groups excluding carboxylic acids is 2. The van der Waals surface area contributed by atoms with Gasteiger partial charge in [0.2, 0.25) is 0 Å². The van der Waals surface area contributed by atoms with Crippen LogP contribution in [0.1, 0.15) is 53.0 Å². The van der Waals surface area contributed by atoms with Crippen molar-refractivity contribution < 1.29 is 23.8 Å². The molecule has 3 aromatic rings. The van der Waals surface area contributed by atoms with Gasteiger partial charge in [0.25, 0.3) is 0 Å². The van der Waals surface area contributed by atoms with Crippen molar-refractivity contribution >= 4 is 23.8 Å². The Kier molecular flexibility index (Phi) is 8.97. The van der Waals surface area contributed by atoms with Crippen LogP contribution in [0, 0.1) is 5.92 Å². The second-order valence-corrected chi connectivity index (χ2v) is 7.77. The first-order valence-corrected chi connectivity index (χ1v) is 11.3. The van der Waals surface area contributed by atoms with E-state index in [-0.39, 0.29) is 5.97 Å². The molecule has 0 N–H and O–H groups in total. The minimum Gasteiger partial charge on any atom is -0.497 e. The largest absolute Gasteiger partial charge is 0.497 e. The molecule has 0 saturated heterocycles. The van der Waals surface area contributed by atoms with Gasteiger partial charge >= 0.3 is 11.9 Å². The molecule has 0 aliphatic carbocycles. The Morgan fingerprint density at radius 2 is 1.35 bits per heavy atom. The van der Waals surface area contributed by atoms with E-state index in [4.69, 9.17) is 14.2 Å². The second kappa shape index (κ2) is 12.3. The van der Waals surface area contributed by atoms with Crippen molar-refractivity contribution in [2.75, 3.05) is 13.7 Å². The molecule has 0 aliphatic heterocycles. The van der Waals surface area contributed by atoms with E-state index in [9.17, 15) is 9.59 Å². The number of benzene rings is 3. The van der Waals surface area contributed by atoms with Gasteiger partial charge in [0.05, 0.1) is 30.5 Å². The van der Waals surface area contributed by atoms with Crippen molar-refractivity contribution in [2.45, 2.75) is 26.7 Å². The number of methoxy groups -OCH3 is 1. The first-order valence-electron chi connectivity index (χ1n) is 11.3. The fourth-order valence-electron chi connectivity index (χ4n) is 3.15. The number of ether oxygens (including phenoxy) is 3. The van der Waals surface area contributed by atoms with E-state index in [0.29, 0.717) is 35.1 Å². The summed E-state index contributed by atoms with van der Waals surface area (Å²) in [5.41, 5.74) is 2.47. The lowest BCUT2D eigenvalue weighted by atomic mass is 10.1. The summed E-state index contributed by atoms with van der Waals surface area (Å²) < 4.78 is 15.9. The Labute approximate surface area is 200 Å². The lowest BCUT2D eigenvalue weighted by Crippen LogP contribution is -2.13. The summed E-state index contributed by atoms with van der Waals surface area (Å²) in [7, 11) is 1.62. The summed E-state index contributed by atoms with van der Waals surface area (Å²) in [6.07, 6.45) is 3.67. The molecule has 0 amide bonds. The first kappa shape index (κ1) is 24.7. The molecule has 3 rings (SSSR count). The average Bonchev–Trinajstić information content (AvgIpc) is 2.89. The van der Waals surface area contributed by atoms with E-state index < -0.39 is 5.97 Å². The molecule has 0 fully saturated rings. The zero-order chi connectivity index (χ0) is 24.3. The van der Waals surface area contributed by atoms with Crippen LogP contribution >= 0.6 is 0 Å². The molecular weight excluding hydrogens is 430 g/mol. The van der Waals surface area contributed by atoms with Gasteiger partial charge in [0.1, 0.15) is 11.5 Å². The van der Waals surface area contributed by atoms with Crippen molar-refractivity contribution in [1.29, 1.82) is 0 Å². The summed E-state index contributed by atoms with van der Waals surface area (Å²) in [6, 6.07) is 20.7. The van der Waals surface area contributed by atoms with Crippen LogP contribution in [0.2, 0.25) is 0 Å². The summed E-state index contributed by atoms with van der Waals surface area (Å²) in [5, 5.41) is 0. The molecule has 3 aromatic carbocycles. The van der Waals surface area contributed by atoms with Gasteiger partial charge in [0.15, 0.2) is 0 Å². The third-order valence-corrected chi connectivity index (χ3v) is 5.49. The zero-order valence-corrected chi connectivity index (χ0v) is 19.7. The van der Waals surface area contributed by atoms with Crippen LogP contribution in [-0.2, 0) is 4.74 Å². The molecule has 0 radical (unpaired) electrons. The Hall–Kier alpha value is -3.93. The average molecular weight is 460 g/mol. The van der Waals surface area contributed by atoms with Gasteiger partial charge in [0, 0.05) is 6.21 Å². The first-order chi connectivity index (χ1) is 16.5. The Morgan fingerprint density at radius 3 is 1.94 bits per heavy atom. The summed E-state index contributed by atoms with van der Waals surface area (Å²) >= 11 is 0. The summed E-state index contributed by atoms with van der Waals surface area (Å²) in [4.78, 5) is 29.1. The van der Waals surface area contributed by atoms with E-state index >= 15 is 0 Å². The van der Waals surface area contributed by atoms with Gasteiger partial charge < -0.3 is 14.2 Å². The molecule has 0 aromatic heterocycles. The lowest BCUT2D eigenvalue weighted by Gasteiger charge is -2.12. The predicted molar refractivity (Wildman–Crippen MR) is 132 cm³/mol. The molecule has 0 aliphatic rings. The minimum atomic E-state index is -0.491. The Bertz CT molecular complexity index is 1100. The maximum Gasteiger partial charge on any atom is 0.343 e. The van der Waals surface area contributed by atoms with Gasteiger partial charge in [-0.05, 0) is 84.3 Å². The topological polar surface area (TPSA) is 74.2 Å². The van der Waals surface area contributed by atoms with Crippen molar-refractivity contribution in [3.05, 3.63) is 89.5 Å². The number of aliphatic imine (C=N–C) groups is 1. The number of hydrogen-bond donors (Lipinski definition) is 0. The highest BCUT2D eigenvalue weighted by Gasteiger charge is 2.12. The van der Waals surface area contributed by atoms with Crippen molar-refractivity contribution in [1.82, 2.24) is 0 Å². The molecule has 176 valence electrons. The number of rotatable bonds is 10. The van der Waals surface area contributed by atoms with E-state index in [1.807, 2.05) is 24.3 Å². The molecule has 0 saturated carbocycles. The van der Waals surface area contributed by atoms with Gasteiger partial charge in [-0.1, -0.05) is 26.7 Å². The molecule has 0 heterocycles. The third kappa shape index (κ3) is 7.04. The third-order valence-electron chi connectivity index (χ3n) is 5.49. The molecular formula is C28H29NO5. The van der Waals surface area contributed by atoms with Crippen molar-refractivity contribution in [3.8, 4) is 11.5 Å². The molecule has 0 unspecified atom stereocenters. The lowest BCUT2D eigenvalue weighted by molar-refractivity contribution is 0.0433. The fourth-order valence-corrected chi connectivity index (χ4v) is 3.15. The van der Waals surface area contributed by atoms with E-state index in [1.165, 1.54) is 0 Å². The molecule has 0 spiro atoms. The minimum absolute atomic E-state index is 0.350. The molecule has 0 bridgehead atoms. The van der Waals surface area contributed by atoms with E-state index in [0.717, 1.165) is 24.2 Å². The maximum atomic E-state index is 12.5. The van der Waals surface area contributed by atoms with Gasteiger partial charge in [-0.25, -0.2) is 9.59 Å². The van der Waals surface area contributed by atoms with Crippen LogP contribution in [0.4, 0.5) is 5.69 Å². The Balaban J connectivity index is 1.54. The SMILES string of the molecule is CCC(CC)COC(=O)c1ccc(OC(=O)c2ccc(N=Cc3ccc(OC)cc3)cc2)cc1. The predicted octanol–water partition coefficient (Wildman–Crippen LogP) is 6.26. The van der Waals surface area contributed by atoms with E-state index in [2.05, 4.69) is 18.8 Å². The summed E-state index contributed by atoms with van der Waals surface area (Å²) in [5.74, 6) is 0.629. The second-order valence-electron chi connectivity index (χ2n) is 7.77. The molecule has 6 nitrogen and oxygen atoms in total. The van der Waals surface area contributed by atoms with Crippen molar-refractivity contribution in [2.24, 2.45) is 10.9 Å². The van der Waals surface area contributed by atoms with Crippen LogP contribution < -0.4 is 9.47 Å². The Morgan fingerprint density at radius 1 is 0.794 bits per heavy atom. The highest BCUT2D eigenvalue weighted by Crippen LogP contribution is 2.18. The monoisotopic (exact) mass is 459 g/mol. The zero-order valence-electron chi connectivity index (χ0n) is 19.7. The number of hydrogen-bond acceptors (Lipinski definition) is 6. The standard InChI is InChI=1S/C28H29NO5/c1-4-20(5-2)19-33-27(30)22-10-16-26(17-11-22)34-28(31)23-8-12-24(13-9-23)29-18-21-6-14-25(32-3)15-7-21/h6-18,20H,4-5,19H2,1-3H3. The maximum absolute atomic E-state index is 12.5. The van der Waals surface area contributed by atoms with E-state index in [1.54, 1.807) is 61.9 Å². The van der Waals surface area contributed by atoms with Crippen LogP contribution in [0.25, 0.3) is 0 Å². The smallest absolute Gasteiger partial charge is 0.343 e. The number of nitrogens with zero attached hydrogens (tertiary/aromatic N) is 1. The molecule has 6 heteroatoms. The number of carbonyl (C=O) groups is 2. The van der Waals surface area contributed by atoms with Crippen LogP contribution in [0.15, 0.2) is 77.8 Å². The van der Waals surface area contributed by atoms with Crippen molar-refractivity contribution in [3.63, 3.8) is 0 Å². The fraction of sp³-hybridized carbons (Fsp3) is 0.250. The molecule has 34 heavy (non-hydrogen) atoms. The van der Waals surface area contributed by atoms with Crippen LogP contribution in [-0.4, -0.2) is 31.9 Å². The van der Waals surface area contributed by atoms with Crippen LogP contribution in [0.3, 0.4) is 0 Å². The number of esters is 2. The van der Waals surface area contributed by atoms with Gasteiger partial charge in [-0.2, -0.15) is 0 Å². The molecule has 0 atom stereocenters. The highest BCUT2D eigenvalue weighted by molar-refractivity contribution is 5.92.